The van der Waals surface area contributed by atoms with Gasteiger partial charge in [0.1, 0.15) is 6.73 Å². The van der Waals surface area contributed by atoms with Gasteiger partial charge in [-0.2, -0.15) is 0 Å². The van der Waals surface area contributed by atoms with Crippen molar-refractivity contribution in [1.82, 2.24) is 5.32 Å². The number of nitrogens with one attached hydrogen (secondary N) is 1. The fourth-order valence-electron chi connectivity index (χ4n) is 0.702. The molecule has 0 aliphatic carbocycles. The molecule has 0 saturated heterocycles. The van der Waals surface area contributed by atoms with E-state index in [-0.39, 0.29) is 13.3 Å². The van der Waals surface area contributed by atoms with E-state index in [1.165, 1.54) is 0 Å². The van der Waals surface area contributed by atoms with Crippen LogP contribution in [0.15, 0.2) is 0 Å². The van der Waals surface area contributed by atoms with Gasteiger partial charge >= 0.3 is 7.82 Å². The number of phosphoric ester groups is 1. The molecular formula is C7H18NO4P. The number of unbranched alkanes of at least 4 members (excludes halogenated alkanes) is 1. The Kier molecular flexibility index (Phi) is 7.51. The van der Waals surface area contributed by atoms with E-state index in [9.17, 15) is 4.57 Å². The minimum absolute atomic E-state index is 0.0494. The summed E-state index contributed by atoms with van der Waals surface area (Å²) in [5, 5.41) is 2.87. The second-order valence-electron chi connectivity index (χ2n) is 2.51. The van der Waals surface area contributed by atoms with Crippen LogP contribution in [0.25, 0.3) is 0 Å². The van der Waals surface area contributed by atoms with Crippen LogP contribution in [-0.4, -0.2) is 24.8 Å². The maximum atomic E-state index is 10.9. The van der Waals surface area contributed by atoms with Gasteiger partial charge in [0.15, 0.2) is 0 Å². The Balaban J connectivity index is 3.35. The standard InChI is InChI=1S/C7H18NO4P/c1-3-5-6-8-7-12-13(9,10)11-4-2/h8H,3-7H2,1-2H3,(H,9,10). The monoisotopic (exact) mass is 211 g/mol. The Morgan fingerprint density at radius 2 is 2.08 bits per heavy atom. The molecule has 0 aliphatic heterocycles. The van der Waals surface area contributed by atoms with E-state index in [0.717, 1.165) is 19.4 Å². The lowest BCUT2D eigenvalue weighted by Crippen LogP contribution is -2.18. The van der Waals surface area contributed by atoms with Crippen LogP contribution in [0, 0.1) is 0 Å². The van der Waals surface area contributed by atoms with Crippen LogP contribution >= 0.6 is 7.82 Å². The Labute approximate surface area is 79.0 Å². The lowest BCUT2D eigenvalue weighted by molar-refractivity contribution is 0.146. The third kappa shape index (κ3) is 8.40. The van der Waals surface area contributed by atoms with Gasteiger partial charge in [-0.05, 0) is 19.9 Å². The van der Waals surface area contributed by atoms with Crippen molar-refractivity contribution in [3.8, 4) is 0 Å². The van der Waals surface area contributed by atoms with Crippen LogP contribution in [0.2, 0.25) is 0 Å². The minimum Gasteiger partial charge on any atom is -0.302 e. The summed E-state index contributed by atoms with van der Waals surface area (Å²) in [7, 11) is -3.80. The van der Waals surface area contributed by atoms with Gasteiger partial charge in [-0.1, -0.05) is 13.3 Å². The van der Waals surface area contributed by atoms with E-state index in [1.807, 2.05) is 0 Å². The number of hydrogen-bond donors (Lipinski definition) is 2. The molecule has 0 spiro atoms. The van der Waals surface area contributed by atoms with E-state index < -0.39 is 7.82 Å². The zero-order chi connectivity index (χ0) is 10.2. The number of hydrogen-bond acceptors (Lipinski definition) is 4. The smallest absolute Gasteiger partial charge is 0.302 e. The highest BCUT2D eigenvalue weighted by molar-refractivity contribution is 7.47. The van der Waals surface area contributed by atoms with Crippen molar-refractivity contribution in [1.29, 1.82) is 0 Å². The van der Waals surface area contributed by atoms with E-state index in [0.29, 0.717) is 0 Å². The summed E-state index contributed by atoms with van der Waals surface area (Å²) in [6.45, 7) is 4.70. The van der Waals surface area contributed by atoms with Gasteiger partial charge in [0.05, 0.1) is 6.61 Å². The fraction of sp³-hybridized carbons (Fsp3) is 1.00. The van der Waals surface area contributed by atoms with Crippen LogP contribution in [-0.2, 0) is 13.6 Å². The SMILES string of the molecule is CCCCNCOP(=O)(O)OCC. The van der Waals surface area contributed by atoms with Gasteiger partial charge in [0, 0.05) is 0 Å². The summed E-state index contributed by atoms with van der Waals surface area (Å²) in [5.41, 5.74) is 0. The van der Waals surface area contributed by atoms with Crippen molar-refractivity contribution in [2.75, 3.05) is 19.9 Å². The van der Waals surface area contributed by atoms with Crippen LogP contribution in [0.3, 0.4) is 0 Å². The predicted molar refractivity (Wildman–Crippen MR) is 50.3 cm³/mol. The first-order valence-electron chi connectivity index (χ1n) is 4.45. The summed E-state index contributed by atoms with van der Waals surface area (Å²) < 4.78 is 20.0. The topological polar surface area (TPSA) is 67.8 Å². The molecule has 1 unspecified atom stereocenters. The third-order valence-electron chi connectivity index (χ3n) is 1.33. The molecule has 1 atom stereocenters. The first kappa shape index (κ1) is 13.1. The quantitative estimate of drug-likeness (QED) is 0.361. The lowest BCUT2D eigenvalue weighted by atomic mass is 10.3. The molecule has 80 valence electrons. The van der Waals surface area contributed by atoms with Gasteiger partial charge in [-0.3, -0.25) is 14.4 Å². The highest BCUT2D eigenvalue weighted by atomic mass is 31.2. The Morgan fingerprint density at radius 1 is 1.38 bits per heavy atom. The lowest BCUT2D eigenvalue weighted by Gasteiger charge is -2.10. The maximum absolute atomic E-state index is 10.9. The van der Waals surface area contributed by atoms with Crippen molar-refractivity contribution in [3.05, 3.63) is 0 Å². The molecule has 0 aliphatic rings. The average molecular weight is 211 g/mol. The van der Waals surface area contributed by atoms with E-state index in [2.05, 4.69) is 21.3 Å². The van der Waals surface area contributed by atoms with Gasteiger partial charge in [0.2, 0.25) is 0 Å². The molecule has 0 bridgehead atoms. The number of rotatable bonds is 8. The van der Waals surface area contributed by atoms with Crippen LogP contribution in [0.1, 0.15) is 26.7 Å². The molecule has 0 heterocycles. The summed E-state index contributed by atoms with van der Waals surface area (Å²) >= 11 is 0. The molecule has 5 nitrogen and oxygen atoms in total. The molecule has 0 saturated carbocycles. The highest BCUT2D eigenvalue weighted by Gasteiger charge is 2.18. The summed E-state index contributed by atoms with van der Waals surface area (Å²) in [6.07, 6.45) is 2.10. The second-order valence-corrected chi connectivity index (χ2v) is 3.97. The van der Waals surface area contributed by atoms with Crippen molar-refractivity contribution in [3.63, 3.8) is 0 Å². The van der Waals surface area contributed by atoms with Crippen LogP contribution in [0.4, 0.5) is 0 Å². The van der Waals surface area contributed by atoms with Gasteiger partial charge < -0.3 is 4.89 Å². The molecule has 0 aromatic heterocycles. The van der Waals surface area contributed by atoms with E-state index in [4.69, 9.17) is 4.89 Å². The third-order valence-corrected chi connectivity index (χ3v) is 2.37. The van der Waals surface area contributed by atoms with Gasteiger partial charge in [-0.15, -0.1) is 0 Å². The molecule has 0 fully saturated rings. The largest absolute Gasteiger partial charge is 0.473 e. The van der Waals surface area contributed by atoms with Crippen molar-refractivity contribution in [2.24, 2.45) is 0 Å². The first-order valence-corrected chi connectivity index (χ1v) is 5.94. The first-order chi connectivity index (χ1) is 6.12. The normalized spacial score (nSPS) is 15.6. The van der Waals surface area contributed by atoms with Gasteiger partial charge in [0.25, 0.3) is 0 Å². The molecule has 13 heavy (non-hydrogen) atoms. The maximum Gasteiger partial charge on any atom is 0.473 e. The molecule has 0 radical (unpaired) electrons. The Hall–Kier alpha value is 0.0700. The van der Waals surface area contributed by atoms with Crippen molar-refractivity contribution in [2.45, 2.75) is 26.7 Å². The predicted octanol–water partition coefficient (Wildman–Crippen LogP) is 1.49. The molecule has 0 aromatic rings. The molecule has 2 N–H and O–H groups in total. The fourth-order valence-corrected chi connectivity index (χ4v) is 1.36. The zero-order valence-corrected chi connectivity index (χ0v) is 9.05. The number of phosphoric acid groups is 1. The molecule has 0 amide bonds. The molecule has 0 rings (SSSR count). The minimum atomic E-state index is -3.80. The van der Waals surface area contributed by atoms with Crippen molar-refractivity contribution < 1.29 is 18.5 Å². The van der Waals surface area contributed by atoms with E-state index >= 15 is 0 Å². The second kappa shape index (κ2) is 7.47. The highest BCUT2D eigenvalue weighted by Crippen LogP contribution is 2.42. The van der Waals surface area contributed by atoms with Gasteiger partial charge in [-0.25, -0.2) is 4.57 Å². The van der Waals surface area contributed by atoms with Crippen molar-refractivity contribution >= 4 is 7.82 Å². The average Bonchev–Trinajstić information content (AvgIpc) is 2.04. The van der Waals surface area contributed by atoms with Crippen LogP contribution < -0.4 is 5.32 Å². The van der Waals surface area contributed by atoms with Crippen LogP contribution in [0.5, 0.6) is 0 Å². The molecule has 0 aromatic carbocycles. The summed E-state index contributed by atoms with van der Waals surface area (Å²) in [5.74, 6) is 0. The zero-order valence-electron chi connectivity index (χ0n) is 8.15. The summed E-state index contributed by atoms with van der Waals surface area (Å²) in [6, 6.07) is 0. The Morgan fingerprint density at radius 3 is 2.62 bits per heavy atom. The molecular weight excluding hydrogens is 193 g/mol. The molecule has 6 heteroatoms. The summed E-state index contributed by atoms with van der Waals surface area (Å²) in [4.78, 5) is 8.94. The Bertz CT molecular complexity index is 165. The van der Waals surface area contributed by atoms with E-state index in [1.54, 1.807) is 6.92 Å².